The molecule has 1 aliphatic carbocycles. The lowest BCUT2D eigenvalue weighted by atomic mass is 9.91. The molecule has 92 valence electrons. The highest BCUT2D eigenvalue weighted by molar-refractivity contribution is 9.10. The lowest BCUT2D eigenvalue weighted by Crippen LogP contribution is -2.03. The summed E-state index contributed by atoms with van der Waals surface area (Å²) in [6.07, 6.45) is 1.83. The third-order valence-corrected chi connectivity index (χ3v) is 4.60. The largest absolute Gasteiger partial charge is 0.481 e. The van der Waals surface area contributed by atoms with Crippen LogP contribution in [0.5, 0.6) is 0 Å². The van der Waals surface area contributed by atoms with Gasteiger partial charge in [-0.15, -0.1) is 0 Å². The Kier molecular flexibility index (Phi) is 3.57. The molecule has 0 saturated heterocycles. The van der Waals surface area contributed by atoms with Crippen molar-refractivity contribution in [1.82, 2.24) is 0 Å². The highest BCUT2D eigenvalue weighted by Crippen LogP contribution is 2.45. The number of halogens is 1. The third-order valence-electron chi connectivity index (χ3n) is 3.74. The summed E-state index contributed by atoms with van der Waals surface area (Å²) in [6, 6.07) is 6.23. The van der Waals surface area contributed by atoms with E-state index in [-0.39, 0.29) is 5.92 Å². The van der Waals surface area contributed by atoms with Gasteiger partial charge >= 0.3 is 5.97 Å². The van der Waals surface area contributed by atoms with Gasteiger partial charge in [-0.2, -0.15) is 0 Å². The Morgan fingerprint density at radius 3 is 2.88 bits per heavy atom. The van der Waals surface area contributed by atoms with Crippen molar-refractivity contribution < 1.29 is 9.90 Å². The highest BCUT2D eigenvalue weighted by Gasteiger charge is 2.43. The van der Waals surface area contributed by atoms with Crippen LogP contribution < -0.4 is 0 Å². The molecule has 1 aromatic rings. The molecule has 17 heavy (non-hydrogen) atoms. The van der Waals surface area contributed by atoms with E-state index in [1.165, 1.54) is 11.1 Å². The quantitative estimate of drug-likeness (QED) is 0.913. The van der Waals surface area contributed by atoms with Crippen molar-refractivity contribution in [1.29, 1.82) is 0 Å². The summed E-state index contributed by atoms with van der Waals surface area (Å²) in [5.74, 6) is 0.0841. The van der Waals surface area contributed by atoms with Crippen LogP contribution in [0.25, 0.3) is 0 Å². The van der Waals surface area contributed by atoms with Crippen LogP contribution in [0.15, 0.2) is 22.7 Å². The van der Waals surface area contributed by atoms with Gasteiger partial charge in [0.05, 0.1) is 5.92 Å². The van der Waals surface area contributed by atoms with E-state index in [1.54, 1.807) is 0 Å². The van der Waals surface area contributed by atoms with Crippen molar-refractivity contribution in [2.45, 2.75) is 32.6 Å². The minimum absolute atomic E-state index is 0.0927. The van der Waals surface area contributed by atoms with E-state index in [0.717, 1.165) is 17.3 Å². The molecular weight excluding hydrogens is 280 g/mol. The first kappa shape index (κ1) is 12.6. The number of carboxylic acids is 1. The van der Waals surface area contributed by atoms with E-state index in [4.69, 9.17) is 5.11 Å². The van der Waals surface area contributed by atoms with E-state index < -0.39 is 5.97 Å². The Balaban J connectivity index is 2.03. The van der Waals surface area contributed by atoms with Crippen LogP contribution in [0, 0.1) is 18.8 Å². The van der Waals surface area contributed by atoms with Crippen LogP contribution >= 0.6 is 15.9 Å². The lowest BCUT2D eigenvalue weighted by molar-refractivity contribution is -0.138. The summed E-state index contributed by atoms with van der Waals surface area (Å²) in [5, 5.41) is 8.90. The van der Waals surface area contributed by atoms with E-state index in [0.29, 0.717) is 11.8 Å². The number of hydrogen-bond donors (Lipinski definition) is 1. The third kappa shape index (κ3) is 2.71. The molecule has 1 aliphatic rings. The molecule has 2 nitrogen and oxygen atoms in total. The number of carboxylic acid groups (broad SMARTS) is 1. The SMILES string of the molecule is Cc1c(Br)cccc1C(C)CC1CC1C(=O)O. The monoisotopic (exact) mass is 296 g/mol. The normalized spacial score (nSPS) is 24.4. The zero-order chi connectivity index (χ0) is 12.6. The van der Waals surface area contributed by atoms with Gasteiger partial charge in [-0.1, -0.05) is 35.0 Å². The summed E-state index contributed by atoms with van der Waals surface area (Å²) < 4.78 is 1.13. The van der Waals surface area contributed by atoms with Crippen LogP contribution in [0.4, 0.5) is 0 Å². The molecular formula is C14H17BrO2. The van der Waals surface area contributed by atoms with Crippen LogP contribution in [-0.4, -0.2) is 11.1 Å². The zero-order valence-electron chi connectivity index (χ0n) is 10.1. The highest BCUT2D eigenvalue weighted by atomic mass is 79.9. The Hall–Kier alpha value is -0.830. The fourth-order valence-electron chi connectivity index (χ4n) is 2.55. The van der Waals surface area contributed by atoms with Crippen molar-refractivity contribution >= 4 is 21.9 Å². The van der Waals surface area contributed by atoms with E-state index >= 15 is 0 Å². The Morgan fingerprint density at radius 2 is 2.29 bits per heavy atom. The molecule has 0 aliphatic heterocycles. The van der Waals surface area contributed by atoms with Gasteiger partial charge < -0.3 is 5.11 Å². The molecule has 1 fully saturated rings. The first-order valence-corrected chi connectivity index (χ1v) is 6.77. The molecule has 3 atom stereocenters. The maximum absolute atomic E-state index is 10.8. The lowest BCUT2D eigenvalue weighted by Gasteiger charge is -2.15. The van der Waals surface area contributed by atoms with Crippen molar-refractivity contribution in [2.75, 3.05) is 0 Å². The predicted octanol–water partition coefficient (Wildman–Crippen LogP) is 3.97. The van der Waals surface area contributed by atoms with E-state index in [2.05, 4.69) is 35.8 Å². The molecule has 2 rings (SSSR count). The molecule has 1 aromatic carbocycles. The first-order valence-electron chi connectivity index (χ1n) is 5.98. The summed E-state index contributed by atoms with van der Waals surface area (Å²) >= 11 is 3.54. The molecule has 3 heteroatoms. The molecule has 1 saturated carbocycles. The number of benzene rings is 1. The molecule has 0 heterocycles. The Morgan fingerprint density at radius 1 is 1.59 bits per heavy atom. The van der Waals surface area contributed by atoms with Gasteiger partial charge in [0.25, 0.3) is 0 Å². The summed E-state index contributed by atoms with van der Waals surface area (Å²) in [5.41, 5.74) is 2.60. The van der Waals surface area contributed by atoms with E-state index in [9.17, 15) is 4.79 Å². The fourth-order valence-corrected chi connectivity index (χ4v) is 2.93. The van der Waals surface area contributed by atoms with Gasteiger partial charge in [-0.3, -0.25) is 4.79 Å². The zero-order valence-corrected chi connectivity index (χ0v) is 11.7. The minimum Gasteiger partial charge on any atom is -0.481 e. The van der Waals surface area contributed by atoms with Crippen molar-refractivity contribution in [3.8, 4) is 0 Å². The second kappa shape index (κ2) is 4.81. The Labute approximate surface area is 110 Å². The van der Waals surface area contributed by atoms with Gasteiger partial charge in [0, 0.05) is 4.47 Å². The number of aliphatic carboxylic acids is 1. The summed E-state index contributed by atoms with van der Waals surface area (Å²) in [6.45, 7) is 4.30. The number of hydrogen-bond acceptors (Lipinski definition) is 1. The molecule has 0 aromatic heterocycles. The second-order valence-corrected chi connectivity index (χ2v) is 5.89. The van der Waals surface area contributed by atoms with Crippen LogP contribution in [-0.2, 0) is 4.79 Å². The maximum atomic E-state index is 10.8. The van der Waals surface area contributed by atoms with Crippen LogP contribution in [0.1, 0.15) is 36.8 Å². The Bertz CT molecular complexity index is 442. The number of carbonyl (C=O) groups is 1. The summed E-state index contributed by atoms with van der Waals surface area (Å²) in [4.78, 5) is 10.8. The van der Waals surface area contributed by atoms with Crippen LogP contribution in [0.3, 0.4) is 0 Å². The fraction of sp³-hybridized carbons (Fsp3) is 0.500. The summed E-state index contributed by atoms with van der Waals surface area (Å²) in [7, 11) is 0. The van der Waals surface area contributed by atoms with Gasteiger partial charge in [0.1, 0.15) is 0 Å². The van der Waals surface area contributed by atoms with Crippen LogP contribution in [0.2, 0.25) is 0 Å². The van der Waals surface area contributed by atoms with Crippen molar-refractivity contribution in [3.05, 3.63) is 33.8 Å². The minimum atomic E-state index is -0.631. The van der Waals surface area contributed by atoms with Gasteiger partial charge in [0.15, 0.2) is 0 Å². The second-order valence-electron chi connectivity index (χ2n) is 5.03. The van der Waals surface area contributed by atoms with Crippen molar-refractivity contribution in [2.24, 2.45) is 11.8 Å². The molecule has 1 N–H and O–H groups in total. The van der Waals surface area contributed by atoms with E-state index in [1.807, 2.05) is 12.1 Å². The first-order chi connectivity index (χ1) is 8.00. The standard InChI is InChI=1S/C14H17BrO2/c1-8(6-10-7-12(10)14(16)17)11-4-3-5-13(15)9(11)2/h3-5,8,10,12H,6-7H2,1-2H3,(H,16,17). The van der Waals surface area contributed by atoms with Crippen molar-refractivity contribution in [3.63, 3.8) is 0 Å². The average Bonchev–Trinajstić information content (AvgIpc) is 3.01. The molecule has 0 radical (unpaired) electrons. The van der Waals surface area contributed by atoms with Gasteiger partial charge in [-0.05, 0) is 48.8 Å². The molecule has 0 amide bonds. The molecule has 0 spiro atoms. The predicted molar refractivity (Wildman–Crippen MR) is 71.1 cm³/mol. The topological polar surface area (TPSA) is 37.3 Å². The molecule has 0 bridgehead atoms. The average molecular weight is 297 g/mol. The number of rotatable bonds is 4. The van der Waals surface area contributed by atoms with Gasteiger partial charge in [-0.25, -0.2) is 0 Å². The smallest absolute Gasteiger partial charge is 0.306 e. The molecule has 3 unspecified atom stereocenters. The van der Waals surface area contributed by atoms with Gasteiger partial charge in [0.2, 0.25) is 0 Å². The maximum Gasteiger partial charge on any atom is 0.306 e.